The van der Waals surface area contributed by atoms with Crippen molar-refractivity contribution in [1.29, 1.82) is 0 Å². The Kier molecular flexibility index (Phi) is 7.42. The predicted octanol–water partition coefficient (Wildman–Crippen LogP) is 0.470. The van der Waals surface area contributed by atoms with Gasteiger partial charge in [-0.25, -0.2) is 4.79 Å². The lowest BCUT2D eigenvalue weighted by atomic mass is 10.1. The van der Waals surface area contributed by atoms with Crippen LogP contribution in [0.5, 0.6) is 0 Å². The number of nitrogens with one attached hydrogen (secondary N) is 2. The van der Waals surface area contributed by atoms with Crippen molar-refractivity contribution < 1.29 is 14.7 Å². The Bertz CT molecular complexity index is 451. The van der Waals surface area contributed by atoms with Gasteiger partial charge in [-0.2, -0.15) is 0 Å². The van der Waals surface area contributed by atoms with Crippen molar-refractivity contribution in [2.75, 3.05) is 33.2 Å². The molecule has 0 bridgehead atoms. The number of piperazine rings is 1. The number of carbonyl (C=O) groups is 2. The monoisotopic (exact) mass is 293 g/mol. The van der Waals surface area contributed by atoms with Gasteiger partial charge in [0.2, 0.25) is 0 Å². The van der Waals surface area contributed by atoms with Gasteiger partial charge >= 0.3 is 11.9 Å². The molecule has 0 saturated carbocycles. The lowest BCUT2D eigenvalue weighted by molar-refractivity contribution is -0.150. The van der Waals surface area contributed by atoms with Gasteiger partial charge in [0.25, 0.3) is 0 Å². The first-order valence-electron chi connectivity index (χ1n) is 7.02. The quantitative estimate of drug-likeness (QED) is 0.691. The number of amides is 1. The van der Waals surface area contributed by atoms with E-state index in [4.69, 9.17) is 5.11 Å². The van der Waals surface area contributed by atoms with Crippen molar-refractivity contribution in [3.63, 3.8) is 0 Å². The number of carboxylic acids is 1. The van der Waals surface area contributed by atoms with Crippen LogP contribution in [-0.4, -0.2) is 55.1 Å². The van der Waals surface area contributed by atoms with Crippen LogP contribution in [0.15, 0.2) is 30.3 Å². The first-order chi connectivity index (χ1) is 10.0. The Hall–Kier alpha value is -1.92. The lowest BCUT2D eigenvalue weighted by Gasteiger charge is -2.31. The van der Waals surface area contributed by atoms with E-state index in [-0.39, 0.29) is 0 Å². The zero-order valence-corrected chi connectivity index (χ0v) is 12.5. The van der Waals surface area contributed by atoms with Crippen LogP contribution in [0.25, 0.3) is 0 Å². The van der Waals surface area contributed by atoms with Gasteiger partial charge in [-0.15, -0.1) is 0 Å². The summed E-state index contributed by atoms with van der Waals surface area (Å²) in [6.07, 6.45) is 0. The molecule has 0 aliphatic carbocycles. The molecule has 1 amide bonds. The van der Waals surface area contributed by atoms with E-state index in [1.54, 1.807) is 6.92 Å². The van der Waals surface area contributed by atoms with Gasteiger partial charge in [0.05, 0.1) is 0 Å². The zero-order valence-electron chi connectivity index (χ0n) is 12.5. The molecule has 1 aromatic carbocycles. The van der Waals surface area contributed by atoms with Crippen LogP contribution in [0.4, 0.5) is 0 Å². The Morgan fingerprint density at radius 3 is 2.52 bits per heavy atom. The lowest BCUT2D eigenvalue weighted by Crippen LogP contribution is -2.43. The molecule has 0 spiro atoms. The number of rotatable bonds is 2. The fraction of sp³-hybridized carbons (Fsp3) is 0.467. The summed E-state index contributed by atoms with van der Waals surface area (Å²) in [7, 11) is 2.18. The first-order valence-corrected chi connectivity index (χ1v) is 7.02. The van der Waals surface area contributed by atoms with E-state index in [1.165, 1.54) is 5.56 Å². The third-order valence-corrected chi connectivity index (χ3v) is 3.11. The Balaban J connectivity index is 0.000000240. The Morgan fingerprint density at radius 1 is 1.38 bits per heavy atom. The van der Waals surface area contributed by atoms with Crippen LogP contribution in [-0.2, 0) is 9.59 Å². The fourth-order valence-corrected chi connectivity index (χ4v) is 2.04. The second-order valence-electron chi connectivity index (χ2n) is 4.84. The van der Waals surface area contributed by atoms with Crippen molar-refractivity contribution in [2.45, 2.75) is 13.0 Å². The highest BCUT2D eigenvalue weighted by atomic mass is 16.4. The molecule has 0 aromatic heterocycles. The molecule has 1 heterocycles. The summed E-state index contributed by atoms with van der Waals surface area (Å²) < 4.78 is 0. The molecule has 1 aliphatic heterocycles. The molecule has 1 unspecified atom stereocenters. The van der Waals surface area contributed by atoms with Crippen molar-refractivity contribution >= 4 is 11.9 Å². The molecule has 0 radical (unpaired) electrons. The third-order valence-electron chi connectivity index (χ3n) is 3.11. The molecule has 2 rings (SSSR count). The van der Waals surface area contributed by atoms with Crippen LogP contribution in [0.1, 0.15) is 18.5 Å². The van der Waals surface area contributed by atoms with Crippen LogP contribution >= 0.6 is 0 Å². The van der Waals surface area contributed by atoms with E-state index in [9.17, 15) is 9.59 Å². The summed E-state index contributed by atoms with van der Waals surface area (Å²) in [4.78, 5) is 22.1. The molecular weight excluding hydrogens is 270 g/mol. The van der Waals surface area contributed by atoms with Crippen LogP contribution in [0.2, 0.25) is 0 Å². The number of nitrogens with zero attached hydrogens (tertiary/aromatic N) is 1. The smallest absolute Gasteiger partial charge is 0.394 e. The minimum absolute atomic E-state index is 0.352. The van der Waals surface area contributed by atoms with Gasteiger partial charge in [-0.05, 0) is 19.5 Å². The molecule has 116 valence electrons. The standard InChI is InChI=1S/C11H16N2.C4H7NO3/c1-13-8-7-12-11(9-13)10-5-3-2-4-6-10;1-2-5-3(6)4(7)8/h2-6,11-12H,7-9H2,1H3;2H2,1H3,(H,5,6)(H,7,8). The number of hydrogen-bond donors (Lipinski definition) is 3. The maximum atomic E-state index is 10.0. The van der Waals surface area contributed by atoms with Gasteiger partial charge < -0.3 is 20.6 Å². The summed E-state index contributed by atoms with van der Waals surface area (Å²) in [6, 6.07) is 11.2. The minimum atomic E-state index is -1.44. The Labute approximate surface area is 125 Å². The van der Waals surface area contributed by atoms with Crippen LogP contribution in [0, 0.1) is 0 Å². The van der Waals surface area contributed by atoms with Gasteiger partial charge in [0, 0.05) is 32.2 Å². The highest BCUT2D eigenvalue weighted by molar-refractivity contribution is 6.31. The zero-order chi connectivity index (χ0) is 15.7. The maximum absolute atomic E-state index is 10.0. The SMILES string of the molecule is CCNC(=O)C(=O)O.CN1CCNC(c2ccccc2)C1. The number of carboxylic acid groups (broad SMARTS) is 1. The van der Waals surface area contributed by atoms with Crippen molar-refractivity contribution in [3.05, 3.63) is 35.9 Å². The van der Waals surface area contributed by atoms with Gasteiger partial charge in [-0.1, -0.05) is 30.3 Å². The van der Waals surface area contributed by atoms with Crippen LogP contribution < -0.4 is 10.6 Å². The normalized spacial score (nSPS) is 18.3. The van der Waals surface area contributed by atoms with Gasteiger partial charge in [-0.3, -0.25) is 4.79 Å². The van der Waals surface area contributed by atoms with E-state index in [0.29, 0.717) is 12.6 Å². The molecule has 1 atom stereocenters. The van der Waals surface area contributed by atoms with Gasteiger partial charge in [0.1, 0.15) is 0 Å². The largest absolute Gasteiger partial charge is 0.474 e. The van der Waals surface area contributed by atoms with Gasteiger partial charge in [0.15, 0.2) is 0 Å². The first kappa shape index (κ1) is 17.1. The number of benzene rings is 1. The number of hydrogen-bond acceptors (Lipinski definition) is 4. The fourth-order valence-electron chi connectivity index (χ4n) is 2.04. The number of carbonyl (C=O) groups excluding carboxylic acids is 1. The van der Waals surface area contributed by atoms with E-state index < -0.39 is 11.9 Å². The summed E-state index contributed by atoms with van der Waals surface area (Å²) in [5.74, 6) is -2.39. The summed E-state index contributed by atoms with van der Waals surface area (Å²) in [5, 5.41) is 13.5. The average Bonchev–Trinajstić information content (AvgIpc) is 2.49. The van der Waals surface area contributed by atoms with E-state index >= 15 is 0 Å². The molecule has 21 heavy (non-hydrogen) atoms. The highest BCUT2D eigenvalue weighted by Crippen LogP contribution is 2.15. The predicted molar refractivity (Wildman–Crippen MR) is 81.0 cm³/mol. The second kappa shape index (κ2) is 9.10. The minimum Gasteiger partial charge on any atom is -0.474 e. The topological polar surface area (TPSA) is 81.7 Å². The number of aliphatic carboxylic acids is 1. The molecule has 1 saturated heterocycles. The molecule has 6 nitrogen and oxygen atoms in total. The number of likely N-dealkylation sites (N-methyl/N-ethyl adjacent to an activating group) is 2. The molecule has 6 heteroatoms. The maximum Gasteiger partial charge on any atom is 0.394 e. The summed E-state index contributed by atoms with van der Waals surface area (Å²) >= 11 is 0. The average molecular weight is 293 g/mol. The van der Waals surface area contributed by atoms with Crippen molar-refractivity contribution in [3.8, 4) is 0 Å². The molecule has 1 fully saturated rings. The van der Waals surface area contributed by atoms with Crippen LogP contribution in [0.3, 0.4) is 0 Å². The highest BCUT2D eigenvalue weighted by Gasteiger charge is 2.17. The van der Waals surface area contributed by atoms with Crippen molar-refractivity contribution in [1.82, 2.24) is 15.5 Å². The molecular formula is C15H23N3O3. The molecule has 3 N–H and O–H groups in total. The summed E-state index contributed by atoms with van der Waals surface area (Å²) in [5.41, 5.74) is 1.40. The molecule has 1 aliphatic rings. The van der Waals surface area contributed by atoms with E-state index in [1.807, 2.05) is 0 Å². The summed E-state index contributed by atoms with van der Waals surface area (Å²) in [6.45, 7) is 5.37. The Morgan fingerprint density at radius 2 is 2.05 bits per heavy atom. The second-order valence-corrected chi connectivity index (χ2v) is 4.84. The van der Waals surface area contributed by atoms with E-state index in [0.717, 1.165) is 19.6 Å². The van der Waals surface area contributed by atoms with Crippen molar-refractivity contribution in [2.24, 2.45) is 0 Å². The molecule has 1 aromatic rings. The van der Waals surface area contributed by atoms with E-state index in [2.05, 4.69) is 52.9 Å². The third kappa shape index (κ3) is 6.37.